The van der Waals surface area contributed by atoms with Crippen LogP contribution in [-0.4, -0.2) is 18.8 Å². The summed E-state index contributed by atoms with van der Waals surface area (Å²) in [5, 5.41) is 2.61. The molecular weight excluding hydrogens is 327 g/mol. The smallest absolute Gasteiger partial charge is 0.405 e. The first-order valence-corrected chi connectivity index (χ1v) is 6.48. The van der Waals surface area contributed by atoms with E-state index in [1.807, 2.05) is 0 Å². The normalized spacial score (nSPS) is 15.2. The Bertz CT molecular complexity index is 486. The van der Waals surface area contributed by atoms with E-state index in [1.54, 1.807) is 0 Å². The van der Waals surface area contributed by atoms with Gasteiger partial charge in [-0.15, -0.1) is 13.2 Å². The summed E-state index contributed by atoms with van der Waals surface area (Å²) in [4.78, 5) is 11.9. The maximum atomic E-state index is 12.3. The summed E-state index contributed by atoms with van der Waals surface area (Å²) < 4.78 is 40.9. The van der Waals surface area contributed by atoms with Gasteiger partial charge in [-0.25, -0.2) is 0 Å². The van der Waals surface area contributed by atoms with Gasteiger partial charge in [0, 0.05) is 11.0 Å². The molecule has 1 N–H and O–H groups in total. The number of carbonyl (C=O) groups excluding carboxylic acids is 1. The Kier molecular flexibility index (Phi) is 4.03. The van der Waals surface area contributed by atoms with Crippen molar-refractivity contribution in [2.45, 2.75) is 19.2 Å². The fourth-order valence-electron chi connectivity index (χ4n) is 1.58. The van der Waals surface area contributed by atoms with Crippen molar-refractivity contribution in [1.29, 1.82) is 0 Å². The second kappa shape index (κ2) is 5.40. The van der Waals surface area contributed by atoms with Gasteiger partial charge in [-0.2, -0.15) is 0 Å². The molecule has 0 saturated heterocycles. The minimum atomic E-state index is -4.83. The highest BCUT2D eigenvalue weighted by molar-refractivity contribution is 9.10. The van der Waals surface area contributed by atoms with Crippen LogP contribution in [0.4, 0.5) is 13.2 Å². The van der Waals surface area contributed by atoms with Crippen molar-refractivity contribution >= 4 is 21.8 Å². The predicted molar refractivity (Wildman–Crippen MR) is 65.9 cm³/mol. The van der Waals surface area contributed by atoms with Crippen molar-refractivity contribution in [3.8, 4) is 5.75 Å². The van der Waals surface area contributed by atoms with Crippen molar-refractivity contribution in [3.63, 3.8) is 0 Å². The molecule has 2 rings (SSSR count). The molecule has 0 bridgehead atoms. The number of amides is 1. The quantitative estimate of drug-likeness (QED) is 0.913. The Morgan fingerprint density at radius 1 is 1.42 bits per heavy atom. The molecule has 0 radical (unpaired) electrons. The summed E-state index contributed by atoms with van der Waals surface area (Å²) >= 11 is 3.07. The number of ether oxygens (including phenoxy) is 1. The molecule has 1 aromatic rings. The molecule has 0 spiro atoms. The summed E-state index contributed by atoms with van der Waals surface area (Å²) in [6, 6.07) is 3.99. The number of hydrogen-bond acceptors (Lipinski definition) is 2. The Morgan fingerprint density at radius 3 is 2.68 bits per heavy atom. The molecule has 7 heteroatoms. The average Bonchev–Trinajstić information content (AvgIpc) is 3.07. The highest BCUT2D eigenvalue weighted by Crippen LogP contribution is 2.32. The maximum Gasteiger partial charge on any atom is 0.573 e. The number of benzene rings is 1. The highest BCUT2D eigenvalue weighted by Gasteiger charge is 2.33. The van der Waals surface area contributed by atoms with Crippen molar-refractivity contribution in [2.24, 2.45) is 5.92 Å². The number of rotatable bonds is 4. The predicted octanol–water partition coefficient (Wildman–Crippen LogP) is 3.49. The van der Waals surface area contributed by atoms with E-state index in [2.05, 4.69) is 26.0 Å². The van der Waals surface area contributed by atoms with Gasteiger partial charge >= 0.3 is 6.36 Å². The van der Waals surface area contributed by atoms with Crippen LogP contribution in [0.15, 0.2) is 22.7 Å². The minimum absolute atomic E-state index is 0.138. The van der Waals surface area contributed by atoms with Gasteiger partial charge in [-0.1, -0.05) is 6.07 Å². The molecule has 0 aliphatic heterocycles. The van der Waals surface area contributed by atoms with Crippen LogP contribution < -0.4 is 10.1 Å². The summed E-state index contributed by atoms with van der Waals surface area (Å²) in [5.74, 6) is -0.632. The van der Waals surface area contributed by atoms with Gasteiger partial charge in [0.25, 0.3) is 5.91 Å². The van der Waals surface area contributed by atoms with Crippen LogP contribution in [0.1, 0.15) is 23.2 Å². The lowest BCUT2D eigenvalue weighted by molar-refractivity contribution is -0.274. The van der Waals surface area contributed by atoms with Crippen LogP contribution in [0.3, 0.4) is 0 Å². The number of nitrogens with one attached hydrogen (secondary N) is 1. The fourth-order valence-corrected chi connectivity index (χ4v) is 2.11. The molecule has 1 aliphatic rings. The van der Waals surface area contributed by atoms with Crippen molar-refractivity contribution in [2.75, 3.05) is 6.54 Å². The van der Waals surface area contributed by atoms with Crippen LogP contribution in [0.2, 0.25) is 0 Å². The molecule has 3 nitrogen and oxygen atoms in total. The Morgan fingerprint density at radius 2 is 2.11 bits per heavy atom. The van der Waals surface area contributed by atoms with Gasteiger partial charge in [-0.05, 0) is 46.8 Å². The number of carbonyl (C=O) groups is 1. The lowest BCUT2D eigenvalue weighted by Gasteiger charge is -2.14. The van der Waals surface area contributed by atoms with Gasteiger partial charge in [0.15, 0.2) is 0 Å². The van der Waals surface area contributed by atoms with Gasteiger partial charge in [0.2, 0.25) is 0 Å². The maximum absolute atomic E-state index is 12.3. The molecule has 0 atom stereocenters. The van der Waals surface area contributed by atoms with E-state index in [1.165, 1.54) is 12.1 Å². The summed E-state index contributed by atoms with van der Waals surface area (Å²) in [6.07, 6.45) is -2.74. The molecule has 19 heavy (non-hydrogen) atoms. The van der Waals surface area contributed by atoms with Gasteiger partial charge < -0.3 is 10.1 Å². The molecule has 1 fully saturated rings. The molecule has 0 heterocycles. The largest absolute Gasteiger partial charge is 0.573 e. The molecular formula is C12H11BrF3NO2. The molecule has 1 aliphatic carbocycles. The Balaban J connectivity index is 2.18. The van der Waals surface area contributed by atoms with Crippen molar-refractivity contribution < 1.29 is 22.7 Å². The number of alkyl halides is 3. The minimum Gasteiger partial charge on any atom is -0.405 e. The summed E-state index contributed by atoms with van der Waals surface area (Å²) in [6.45, 7) is 0.478. The third kappa shape index (κ3) is 4.12. The molecule has 0 aromatic heterocycles. The zero-order valence-corrected chi connectivity index (χ0v) is 11.3. The van der Waals surface area contributed by atoms with E-state index in [9.17, 15) is 18.0 Å². The Hall–Kier alpha value is -1.24. The van der Waals surface area contributed by atoms with E-state index in [0.29, 0.717) is 12.5 Å². The van der Waals surface area contributed by atoms with Gasteiger partial charge in [-0.3, -0.25) is 4.79 Å². The van der Waals surface area contributed by atoms with Crippen LogP contribution in [0.25, 0.3) is 0 Å². The van der Waals surface area contributed by atoms with E-state index in [4.69, 9.17) is 0 Å². The standard InChI is InChI=1S/C12H11BrF3NO2/c13-8-2-1-3-9(19-12(14,15)16)10(8)11(18)17-6-7-4-5-7/h1-3,7H,4-6H2,(H,17,18). The lowest BCUT2D eigenvalue weighted by Crippen LogP contribution is -2.27. The number of hydrogen-bond donors (Lipinski definition) is 1. The number of halogens is 4. The SMILES string of the molecule is O=C(NCC1CC1)c1c(Br)cccc1OC(F)(F)F. The van der Waals surface area contributed by atoms with Crippen LogP contribution in [0, 0.1) is 5.92 Å². The zero-order valence-electron chi connectivity index (χ0n) is 9.76. The lowest BCUT2D eigenvalue weighted by atomic mass is 10.2. The molecule has 1 aromatic carbocycles. The summed E-state index contributed by atoms with van der Waals surface area (Å²) in [7, 11) is 0. The first-order valence-electron chi connectivity index (χ1n) is 5.69. The zero-order chi connectivity index (χ0) is 14.0. The van der Waals surface area contributed by atoms with Crippen molar-refractivity contribution in [3.05, 3.63) is 28.2 Å². The van der Waals surface area contributed by atoms with E-state index in [0.717, 1.165) is 18.9 Å². The van der Waals surface area contributed by atoms with Crippen LogP contribution in [-0.2, 0) is 0 Å². The average molecular weight is 338 g/mol. The fraction of sp³-hybridized carbons (Fsp3) is 0.417. The van der Waals surface area contributed by atoms with Crippen LogP contribution >= 0.6 is 15.9 Å². The van der Waals surface area contributed by atoms with E-state index >= 15 is 0 Å². The van der Waals surface area contributed by atoms with E-state index in [-0.39, 0.29) is 10.0 Å². The molecule has 0 unspecified atom stereocenters. The molecule has 1 amide bonds. The van der Waals surface area contributed by atoms with Gasteiger partial charge in [0.05, 0.1) is 5.56 Å². The second-order valence-corrected chi connectivity index (χ2v) is 5.17. The van der Waals surface area contributed by atoms with Gasteiger partial charge in [0.1, 0.15) is 5.75 Å². The van der Waals surface area contributed by atoms with E-state index < -0.39 is 18.0 Å². The second-order valence-electron chi connectivity index (χ2n) is 4.31. The molecule has 1 saturated carbocycles. The molecule has 104 valence electrons. The topological polar surface area (TPSA) is 38.3 Å². The Labute approximate surface area is 116 Å². The first kappa shape index (κ1) is 14.2. The van der Waals surface area contributed by atoms with Crippen LogP contribution in [0.5, 0.6) is 5.75 Å². The third-order valence-electron chi connectivity index (χ3n) is 2.68. The third-order valence-corrected chi connectivity index (χ3v) is 3.34. The van der Waals surface area contributed by atoms with Crippen molar-refractivity contribution in [1.82, 2.24) is 5.32 Å². The highest BCUT2D eigenvalue weighted by atomic mass is 79.9. The summed E-state index contributed by atoms with van der Waals surface area (Å²) in [5.41, 5.74) is -0.138. The first-order chi connectivity index (χ1) is 8.87. The monoisotopic (exact) mass is 337 g/mol.